The molecule has 0 saturated heterocycles. The van der Waals surface area contributed by atoms with Crippen LogP contribution in [0.15, 0.2) is 65.6 Å². The molecule has 0 aliphatic rings. The molecule has 0 spiro atoms. The van der Waals surface area contributed by atoms with Crippen LogP contribution in [0, 0.1) is 13.8 Å². The van der Waals surface area contributed by atoms with Crippen molar-refractivity contribution in [1.29, 1.82) is 0 Å². The molecule has 0 atom stereocenters. The van der Waals surface area contributed by atoms with Gasteiger partial charge in [0, 0.05) is 30.1 Å². The largest absolute Gasteiger partial charge is 0.478 e. The summed E-state index contributed by atoms with van der Waals surface area (Å²) in [6, 6.07) is 16.4. The lowest BCUT2D eigenvalue weighted by molar-refractivity contribution is 0.0697. The van der Waals surface area contributed by atoms with E-state index in [2.05, 4.69) is 0 Å². The summed E-state index contributed by atoms with van der Waals surface area (Å²) >= 11 is 0. The van der Waals surface area contributed by atoms with E-state index in [-0.39, 0.29) is 5.43 Å². The molecular formula is C21H19NO3. The smallest absolute Gasteiger partial charge is 0.336 e. The second-order valence-corrected chi connectivity index (χ2v) is 6.07. The van der Waals surface area contributed by atoms with E-state index in [1.165, 1.54) is 0 Å². The van der Waals surface area contributed by atoms with Gasteiger partial charge in [0.1, 0.15) is 0 Å². The molecule has 3 rings (SSSR count). The molecule has 4 heteroatoms. The van der Waals surface area contributed by atoms with E-state index >= 15 is 0 Å². The number of aromatic carboxylic acids is 1. The lowest BCUT2D eigenvalue weighted by Gasteiger charge is -2.13. The number of rotatable bonds is 4. The van der Waals surface area contributed by atoms with Gasteiger partial charge in [0.2, 0.25) is 0 Å². The lowest BCUT2D eigenvalue weighted by atomic mass is 9.98. The lowest BCUT2D eigenvalue weighted by Crippen LogP contribution is -2.14. The zero-order valence-electron chi connectivity index (χ0n) is 14.2. The molecule has 0 aliphatic heterocycles. The van der Waals surface area contributed by atoms with Gasteiger partial charge in [-0.05, 0) is 36.6 Å². The standard InChI is InChI=1S/C21H19NO3/c1-14-15(2)22(12-11-20(14)23)13-16-7-9-17(10-8-16)18-5-3-4-6-19(18)21(24)25/h3-12H,13H2,1-2H3,(H,24,25). The first kappa shape index (κ1) is 16.7. The number of carboxylic acid groups (broad SMARTS) is 1. The van der Waals surface area contributed by atoms with E-state index in [0.717, 1.165) is 22.4 Å². The van der Waals surface area contributed by atoms with Gasteiger partial charge in [-0.15, -0.1) is 0 Å². The number of hydrogen-bond acceptors (Lipinski definition) is 2. The average molecular weight is 333 g/mol. The van der Waals surface area contributed by atoms with Gasteiger partial charge in [0.15, 0.2) is 5.43 Å². The molecule has 1 N–H and O–H groups in total. The number of benzene rings is 2. The fraction of sp³-hybridized carbons (Fsp3) is 0.143. The Kier molecular flexibility index (Phi) is 4.52. The minimum atomic E-state index is -0.931. The van der Waals surface area contributed by atoms with Crippen LogP contribution in [0.25, 0.3) is 11.1 Å². The molecule has 1 heterocycles. The van der Waals surface area contributed by atoms with Crippen LogP contribution in [-0.4, -0.2) is 15.6 Å². The summed E-state index contributed by atoms with van der Waals surface area (Å²) in [4.78, 5) is 23.0. The van der Waals surface area contributed by atoms with Gasteiger partial charge in [-0.1, -0.05) is 42.5 Å². The van der Waals surface area contributed by atoms with Crippen molar-refractivity contribution in [3.05, 3.63) is 93.4 Å². The van der Waals surface area contributed by atoms with Crippen LogP contribution in [0.5, 0.6) is 0 Å². The predicted octanol–water partition coefficient (Wildman–Crippen LogP) is 3.88. The highest BCUT2D eigenvalue weighted by molar-refractivity contribution is 5.95. The van der Waals surface area contributed by atoms with Gasteiger partial charge < -0.3 is 9.67 Å². The van der Waals surface area contributed by atoms with E-state index in [1.807, 2.05) is 54.8 Å². The van der Waals surface area contributed by atoms with Crippen LogP contribution in [-0.2, 0) is 6.54 Å². The van der Waals surface area contributed by atoms with Gasteiger partial charge in [-0.25, -0.2) is 4.79 Å². The molecule has 0 amide bonds. The van der Waals surface area contributed by atoms with Crippen LogP contribution in [0.2, 0.25) is 0 Å². The van der Waals surface area contributed by atoms with Crippen molar-refractivity contribution in [2.75, 3.05) is 0 Å². The number of carbonyl (C=O) groups is 1. The third-order valence-corrected chi connectivity index (χ3v) is 4.52. The highest BCUT2D eigenvalue weighted by atomic mass is 16.4. The van der Waals surface area contributed by atoms with E-state index < -0.39 is 5.97 Å². The maximum absolute atomic E-state index is 11.7. The van der Waals surface area contributed by atoms with Crippen molar-refractivity contribution >= 4 is 5.97 Å². The van der Waals surface area contributed by atoms with Crippen molar-refractivity contribution in [1.82, 2.24) is 4.57 Å². The molecule has 0 aliphatic carbocycles. The van der Waals surface area contributed by atoms with Crippen LogP contribution >= 0.6 is 0 Å². The Morgan fingerprint density at radius 2 is 1.68 bits per heavy atom. The number of pyridine rings is 1. The molecular weight excluding hydrogens is 314 g/mol. The van der Waals surface area contributed by atoms with Crippen molar-refractivity contribution < 1.29 is 9.90 Å². The normalized spacial score (nSPS) is 10.6. The minimum Gasteiger partial charge on any atom is -0.478 e. The first-order valence-corrected chi connectivity index (χ1v) is 8.05. The molecule has 4 nitrogen and oxygen atoms in total. The molecule has 0 bridgehead atoms. The predicted molar refractivity (Wildman–Crippen MR) is 98.1 cm³/mol. The zero-order valence-corrected chi connectivity index (χ0v) is 14.2. The van der Waals surface area contributed by atoms with Gasteiger partial charge in [-0.3, -0.25) is 4.79 Å². The fourth-order valence-corrected chi connectivity index (χ4v) is 2.87. The van der Waals surface area contributed by atoms with Gasteiger partial charge in [0.25, 0.3) is 0 Å². The molecule has 3 aromatic rings. The van der Waals surface area contributed by atoms with Crippen LogP contribution in [0.1, 0.15) is 27.2 Å². The van der Waals surface area contributed by atoms with Crippen molar-refractivity contribution in [2.45, 2.75) is 20.4 Å². The molecule has 25 heavy (non-hydrogen) atoms. The van der Waals surface area contributed by atoms with Crippen LogP contribution in [0.4, 0.5) is 0 Å². The third kappa shape index (κ3) is 3.38. The molecule has 0 saturated carbocycles. The number of hydrogen-bond donors (Lipinski definition) is 1. The summed E-state index contributed by atoms with van der Waals surface area (Å²) in [5.74, 6) is -0.931. The quantitative estimate of drug-likeness (QED) is 0.788. The maximum atomic E-state index is 11.7. The topological polar surface area (TPSA) is 59.3 Å². The third-order valence-electron chi connectivity index (χ3n) is 4.52. The molecule has 126 valence electrons. The summed E-state index contributed by atoms with van der Waals surface area (Å²) in [5.41, 5.74) is 4.72. The Bertz CT molecular complexity index is 985. The molecule has 0 fully saturated rings. The first-order chi connectivity index (χ1) is 12.0. The van der Waals surface area contributed by atoms with Crippen molar-refractivity contribution in [2.24, 2.45) is 0 Å². The van der Waals surface area contributed by atoms with Crippen molar-refractivity contribution in [3.8, 4) is 11.1 Å². The summed E-state index contributed by atoms with van der Waals surface area (Å²) in [5, 5.41) is 9.33. The van der Waals surface area contributed by atoms with Crippen LogP contribution in [0.3, 0.4) is 0 Å². The Balaban J connectivity index is 1.90. The maximum Gasteiger partial charge on any atom is 0.336 e. The highest BCUT2D eigenvalue weighted by Gasteiger charge is 2.10. The zero-order chi connectivity index (χ0) is 18.0. The fourth-order valence-electron chi connectivity index (χ4n) is 2.87. The minimum absolute atomic E-state index is 0.0503. The van der Waals surface area contributed by atoms with Crippen LogP contribution < -0.4 is 5.43 Å². The van der Waals surface area contributed by atoms with E-state index in [4.69, 9.17) is 0 Å². The SMILES string of the molecule is Cc1c(C)n(Cc2ccc(-c3ccccc3C(=O)O)cc2)ccc1=O. The van der Waals surface area contributed by atoms with E-state index in [1.54, 1.807) is 24.4 Å². The highest BCUT2D eigenvalue weighted by Crippen LogP contribution is 2.24. The first-order valence-electron chi connectivity index (χ1n) is 8.05. The summed E-state index contributed by atoms with van der Waals surface area (Å²) < 4.78 is 2.04. The van der Waals surface area contributed by atoms with E-state index in [9.17, 15) is 14.7 Å². The molecule has 1 aromatic heterocycles. The van der Waals surface area contributed by atoms with Gasteiger partial charge in [-0.2, -0.15) is 0 Å². The van der Waals surface area contributed by atoms with Gasteiger partial charge in [0.05, 0.1) is 5.56 Å². The molecule has 2 aromatic carbocycles. The molecule has 0 radical (unpaired) electrons. The van der Waals surface area contributed by atoms with E-state index in [0.29, 0.717) is 17.7 Å². The molecule has 0 unspecified atom stereocenters. The summed E-state index contributed by atoms with van der Waals surface area (Å²) in [6.07, 6.45) is 1.80. The Labute approximate surface area is 146 Å². The summed E-state index contributed by atoms with van der Waals surface area (Å²) in [6.45, 7) is 4.43. The monoisotopic (exact) mass is 333 g/mol. The second kappa shape index (κ2) is 6.77. The number of aromatic nitrogens is 1. The Morgan fingerprint density at radius 1 is 1.00 bits per heavy atom. The van der Waals surface area contributed by atoms with Gasteiger partial charge >= 0.3 is 5.97 Å². The summed E-state index contributed by atoms with van der Waals surface area (Å²) in [7, 11) is 0. The van der Waals surface area contributed by atoms with Crippen molar-refractivity contribution in [3.63, 3.8) is 0 Å². The second-order valence-electron chi connectivity index (χ2n) is 6.07. The number of carboxylic acids is 1. The number of nitrogens with zero attached hydrogens (tertiary/aromatic N) is 1. The average Bonchev–Trinajstić information content (AvgIpc) is 2.63. The Morgan fingerprint density at radius 3 is 2.36 bits per heavy atom. The Hall–Kier alpha value is -3.14.